The molecule has 0 saturated carbocycles. The number of amidine groups is 1. The van der Waals surface area contributed by atoms with Gasteiger partial charge in [-0.1, -0.05) is 133 Å². The summed E-state index contributed by atoms with van der Waals surface area (Å²) >= 11 is 0. The first-order chi connectivity index (χ1) is 32.5. The maximum atomic E-state index is 12.3. The predicted molar refractivity (Wildman–Crippen MR) is 272 cm³/mol. The van der Waals surface area contributed by atoms with Gasteiger partial charge in [0.05, 0.1) is 11.6 Å². The SMILES string of the molecule is CC(C)(C)c1ccc(NC(=O)c2ccc(-c3noc(=O)[nH]3)cc2)cc1.CC(C)(C)c1ccc(NC(=O)c2ccc(/C(N)=N/O)cc2)cc1.CC(C)(C)c1ccc(NC(=O)c2ccc(C#N)cc2)cc1. The molecule has 14 nitrogen and oxygen atoms in total. The molecule has 354 valence electrons. The van der Waals surface area contributed by atoms with Crippen LogP contribution in [0.2, 0.25) is 0 Å². The van der Waals surface area contributed by atoms with Gasteiger partial charge in [0.1, 0.15) is 0 Å². The molecule has 3 amide bonds. The second-order valence-electron chi connectivity index (χ2n) is 19.1. The first-order valence-electron chi connectivity index (χ1n) is 22.0. The first-order valence-corrected chi connectivity index (χ1v) is 22.0. The molecule has 0 unspecified atom stereocenters. The zero-order valence-corrected chi connectivity index (χ0v) is 40.3. The van der Waals surface area contributed by atoms with Crippen molar-refractivity contribution in [3.63, 3.8) is 0 Å². The number of amides is 3. The molecular formula is C55H58N8O6. The monoisotopic (exact) mass is 926 g/mol. The molecule has 0 saturated heterocycles. The number of hydrogen-bond acceptors (Lipinski definition) is 9. The summed E-state index contributed by atoms with van der Waals surface area (Å²) in [6.07, 6.45) is 0. The lowest BCUT2D eigenvalue weighted by Gasteiger charge is -2.19. The van der Waals surface area contributed by atoms with Crippen LogP contribution in [0.5, 0.6) is 0 Å². The second-order valence-corrected chi connectivity index (χ2v) is 19.1. The Morgan fingerprint density at radius 2 is 0.870 bits per heavy atom. The molecule has 0 aliphatic heterocycles. The number of anilines is 3. The number of hydrogen-bond donors (Lipinski definition) is 6. The van der Waals surface area contributed by atoms with Crippen LogP contribution in [0.25, 0.3) is 11.4 Å². The lowest BCUT2D eigenvalue weighted by molar-refractivity contribution is 0.101. The topological polar surface area (TPSA) is 229 Å². The van der Waals surface area contributed by atoms with Gasteiger partial charge < -0.3 is 26.9 Å². The van der Waals surface area contributed by atoms with Crippen molar-refractivity contribution in [2.24, 2.45) is 10.9 Å². The Labute approximate surface area is 402 Å². The van der Waals surface area contributed by atoms with Gasteiger partial charge in [0.15, 0.2) is 11.7 Å². The number of aromatic amines is 1. The fourth-order valence-electron chi connectivity index (χ4n) is 6.45. The molecule has 7 N–H and O–H groups in total. The Hall–Kier alpha value is -8.57. The van der Waals surface area contributed by atoms with Crippen LogP contribution in [0.15, 0.2) is 160 Å². The highest BCUT2D eigenvalue weighted by Gasteiger charge is 2.17. The van der Waals surface area contributed by atoms with E-state index in [2.05, 4.69) is 98.1 Å². The number of nitrogens with one attached hydrogen (secondary N) is 4. The summed E-state index contributed by atoms with van der Waals surface area (Å²) in [7, 11) is 0. The molecule has 0 aliphatic carbocycles. The van der Waals surface area contributed by atoms with Gasteiger partial charge >= 0.3 is 5.76 Å². The Morgan fingerprint density at radius 3 is 1.16 bits per heavy atom. The summed E-state index contributed by atoms with van der Waals surface area (Å²) in [6.45, 7) is 19.3. The van der Waals surface area contributed by atoms with E-state index in [1.165, 1.54) is 16.7 Å². The molecule has 0 bridgehead atoms. The molecule has 0 spiro atoms. The lowest BCUT2D eigenvalue weighted by atomic mass is 9.87. The van der Waals surface area contributed by atoms with Gasteiger partial charge in [0, 0.05) is 44.9 Å². The van der Waals surface area contributed by atoms with Crippen LogP contribution in [0.1, 0.15) is 121 Å². The Morgan fingerprint density at radius 1 is 0.551 bits per heavy atom. The number of nitrogens with two attached hydrogens (primary N) is 1. The predicted octanol–water partition coefficient (Wildman–Crippen LogP) is 11.0. The van der Waals surface area contributed by atoms with Crippen LogP contribution in [0, 0.1) is 11.3 Å². The minimum atomic E-state index is -0.615. The molecule has 0 atom stereocenters. The molecule has 0 radical (unpaired) electrons. The van der Waals surface area contributed by atoms with E-state index < -0.39 is 5.76 Å². The summed E-state index contributed by atoms with van der Waals surface area (Å²) in [5.41, 5.74) is 14.9. The fraction of sp³-hybridized carbons (Fsp3) is 0.218. The molecule has 6 aromatic carbocycles. The van der Waals surface area contributed by atoms with Crippen LogP contribution in [0.4, 0.5) is 17.1 Å². The van der Waals surface area contributed by atoms with Crippen molar-refractivity contribution in [2.45, 2.75) is 78.6 Å². The van der Waals surface area contributed by atoms with Crippen molar-refractivity contribution in [1.29, 1.82) is 5.26 Å². The quantitative estimate of drug-likeness (QED) is 0.0368. The van der Waals surface area contributed by atoms with Crippen LogP contribution < -0.4 is 27.4 Å². The van der Waals surface area contributed by atoms with E-state index in [0.717, 1.165) is 17.1 Å². The van der Waals surface area contributed by atoms with Crippen LogP contribution in [-0.4, -0.2) is 38.9 Å². The number of nitrogens with zero attached hydrogens (tertiary/aromatic N) is 3. The van der Waals surface area contributed by atoms with Crippen molar-refractivity contribution >= 4 is 40.6 Å². The zero-order chi connectivity index (χ0) is 50.5. The standard InChI is InChI=1S/C19H19N3O3.C18H21N3O2.C18H18N2O/c1-19(2,3)14-8-10-15(11-9-14)20-17(23)13-6-4-12(5-7-13)16-21-18(24)25-22-16;1-18(2,3)14-8-10-15(11-9-14)20-17(22)13-6-4-12(5-7-13)16(19)21-23;1-18(2,3)15-8-10-16(11-9-15)20-17(21)14-6-4-13(12-19)5-7-14/h4-11H,1-3H3,(H,20,23)(H,21,22,24);4-11,23H,1-3H3,(H2,19,21)(H,20,22);4-11H,1-3H3,(H,20,21). The van der Waals surface area contributed by atoms with Crippen molar-refractivity contribution < 1.29 is 24.1 Å². The van der Waals surface area contributed by atoms with Gasteiger partial charge in [0.2, 0.25) is 0 Å². The highest BCUT2D eigenvalue weighted by atomic mass is 16.5. The molecule has 1 aromatic heterocycles. The van der Waals surface area contributed by atoms with E-state index in [-0.39, 0.29) is 39.8 Å². The minimum absolute atomic E-state index is 0.00901. The number of aromatic nitrogens is 2. The van der Waals surface area contributed by atoms with Gasteiger partial charge in [-0.05, 0) is 118 Å². The fourth-order valence-corrected chi connectivity index (χ4v) is 6.45. The highest BCUT2D eigenvalue weighted by Crippen LogP contribution is 2.26. The number of oxime groups is 1. The van der Waals surface area contributed by atoms with E-state index in [1.54, 1.807) is 72.8 Å². The Balaban J connectivity index is 0.000000194. The minimum Gasteiger partial charge on any atom is -0.409 e. The van der Waals surface area contributed by atoms with Crippen molar-refractivity contribution in [2.75, 3.05) is 16.0 Å². The largest absolute Gasteiger partial charge is 0.439 e. The average molecular weight is 927 g/mol. The number of H-pyrrole nitrogens is 1. The van der Waals surface area contributed by atoms with Crippen molar-refractivity contribution in [1.82, 2.24) is 10.1 Å². The molecule has 14 heteroatoms. The maximum absolute atomic E-state index is 12.3. The summed E-state index contributed by atoms with van der Waals surface area (Å²) in [5.74, 6) is -0.869. The Bertz CT molecular complexity index is 2960. The molecule has 1 heterocycles. The third-order valence-corrected chi connectivity index (χ3v) is 10.7. The molecule has 0 aliphatic rings. The lowest BCUT2D eigenvalue weighted by Crippen LogP contribution is -2.15. The van der Waals surface area contributed by atoms with Crippen LogP contribution in [0.3, 0.4) is 0 Å². The maximum Gasteiger partial charge on any atom is 0.439 e. The van der Waals surface area contributed by atoms with Crippen molar-refractivity contribution in [3.05, 3.63) is 201 Å². The van der Waals surface area contributed by atoms with Gasteiger partial charge in [-0.25, -0.2) is 4.79 Å². The van der Waals surface area contributed by atoms with Gasteiger partial charge in [0.25, 0.3) is 17.7 Å². The van der Waals surface area contributed by atoms with Gasteiger partial charge in [-0.2, -0.15) is 5.26 Å². The van der Waals surface area contributed by atoms with Gasteiger partial charge in [-0.15, -0.1) is 0 Å². The second kappa shape index (κ2) is 22.3. The molecular weight excluding hydrogens is 869 g/mol. The zero-order valence-electron chi connectivity index (χ0n) is 40.3. The third kappa shape index (κ3) is 15.0. The summed E-state index contributed by atoms with van der Waals surface area (Å²) in [5, 5.41) is 32.5. The average Bonchev–Trinajstić information content (AvgIpc) is 3.77. The van der Waals surface area contributed by atoms with E-state index in [9.17, 15) is 19.2 Å². The van der Waals surface area contributed by atoms with E-state index in [1.807, 2.05) is 78.9 Å². The first kappa shape index (κ1) is 51.4. The molecule has 7 aromatic rings. The smallest absolute Gasteiger partial charge is 0.409 e. The number of nitriles is 1. The normalized spacial score (nSPS) is 11.4. The van der Waals surface area contributed by atoms with E-state index in [4.69, 9.17) is 16.2 Å². The number of rotatable bonds is 8. The third-order valence-electron chi connectivity index (χ3n) is 10.7. The highest BCUT2D eigenvalue weighted by molar-refractivity contribution is 6.06. The van der Waals surface area contributed by atoms with E-state index >= 15 is 0 Å². The van der Waals surface area contributed by atoms with E-state index in [0.29, 0.717) is 39.2 Å². The molecule has 0 fully saturated rings. The summed E-state index contributed by atoms with van der Waals surface area (Å²) in [4.78, 5) is 50.1. The number of carbonyl (C=O) groups is 3. The summed E-state index contributed by atoms with van der Waals surface area (Å²) in [6, 6.07) is 45.3. The van der Waals surface area contributed by atoms with Crippen molar-refractivity contribution in [3.8, 4) is 17.5 Å². The van der Waals surface area contributed by atoms with Crippen LogP contribution in [-0.2, 0) is 16.2 Å². The molecule has 7 rings (SSSR count). The Kier molecular flexibility index (Phi) is 16.6. The van der Waals surface area contributed by atoms with Gasteiger partial charge in [-0.3, -0.25) is 23.9 Å². The number of carbonyl (C=O) groups excluding carboxylic acids is 3. The number of benzene rings is 6. The molecule has 69 heavy (non-hydrogen) atoms. The summed E-state index contributed by atoms with van der Waals surface area (Å²) < 4.78 is 4.47. The van der Waals surface area contributed by atoms with Crippen LogP contribution >= 0.6 is 0 Å².